The van der Waals surface area contributed by atoms with Crippen molar-refractivity contribution in [3.8, 4) is 0 Å². The van der Waals surface area contributed by atoms with Crippen molar-refractivity contribution in [2.75, 3.05) is 0 Å². The van der Waals surface area contributed by atoms with E-state index in [4.69, 9.17) is 0 Å². The molecule has 6 N–H and O–H groups in total. The molecule has 1 aliphatic rings. The summed E-state index contributed by atoms with van der Waals surface area (Å²) in [5, 5.41) is 51.9. The van der Waals surface area contributed by atoms with Crippen molar-refractivity contribution < 1.29 is 30.3 Å². The molecule has 0 amide bonds. The summed E-state index contributed by atoms with van der Waals surface area (Å²) in [5.74, 6) is -1.71. The molecule has 0 radical (unpaired) electrons. The van der Waals surface area contributed by atoms with Crippen LogP contribution in [0.1, 0.15) is 115 Å². The maximum atomic E-state index is 11.8. The summed E-state index contributed by atoms with van der Waals surface area (Å²) in [4.78, 5) is 14.8. The molecule has 6 atom stereocenters. The van der Waals surface area contributed by atoms with Crippen LogP contribution in [0.15, 0.2) is 18.5 Å². The molecule has 36 heavy (non-hydrogen) atoms. The third kappa shape index (κ3) is 10.9. The van der Waals surface area contributed by atoms with Crippen LogP contribution in [0.3, 0.4) is 0 Å². The third-order valence-corrected chi connectivity index (χ3v) is 8.10. The number of aromatic nitrogens is 1. The maximum Gasteiger partial charge on any atom is 0.309 e. The fraction of sp³-hybridized carbons (Fsp3) is 0.828. The van der Waals surface area contributed by atoms with Crippen LogP contribution in [0.4, 0.5) is 0 Å². The second-order valence-electron chi connectivity index (χ2n) is 11.2. The Bertz CT molecular complexity index is 711. The van der Waals surface area contributed by atoms with Gasteiger partial charge in [0.2, 0.25) is 0 Å². The fourth-order valence-corrected chi connectivity index (χ4v) is 5.80. The lowest BCUT2D eigenvalue weighted by Crippen LogP contribution is -2.39. The molecule has 1 fully saturated rings. The van der Waals surface area contributed by atoms with Crippen LogP contribution in [0, 0.1) is 11.8 Å². The van der Waals surface area contributed by atoms with E-state index in [-0.39, 0.29) is 24.9 Å². The van der Waals surface area contributed by atoms with Gasteiger partial charge in [-0.2, -0.15) is 0 Å². The van der Waals surface area contributed by atoms with Crippen molar-refractivity contribution >= 4 is 5.97 Å². The van der Waals surface area contributed by atoms with Gasteiger partial charge in [0.1, 0.15) is 0 Å². The number of hydrogen-bond acceptors (Lipinski definition) is 5. The SMILES string of the molecule is CCCCCCCC(O)CCCCCCC(C(=O)O)C(O)CCC1(O)CC(Cc2cc[nH]c2)CC1O. The molecule has 6 unspecified atom stereocenters. The average molecular weight is 510 g/mol. The molecule has 1 aliphatic carbocycles. The molecule has 208 valence electrons. The minimum atomic E-state index is -1.28. The number of rotatable bonds is 20. The number of aliphatic hydroxyl groups excluding tert-OH is 3. The molecule has 0 spiro atoms. The second-order valence-corrected chi connectivity index (χ2v) is 11.2. The lowest BCUT2D eigenvalue weighted by atomic mass is 9.86. The number of aliphatic carboxylic acids is 1. The van der Waals surface area contributed by atoms with Crippen LogP contribution >= 0.6 is 0 Å². The zero-order valence-electron chi connectivity index (χ0n) is 22.3. The minimum absolute atomic E-state index is 0.159. The van der Waals surface area contributed by atoms with Gasteiger partial charge in [-0.3, -0.25) is 4.79 Å². The first-order chi connectivity index (χ1) is 17.2. The van der Waals surface area contributed by atoms with Gasteiger partial charge in [-0.25, -0.2) is 0 Å². The smallest absolute Gasteiger partial charge is 0.309 e. The predicted octanol–water partition coefficient (Wildman–Crippen LogP) is 4.96. The van der Waals surface area contributed by atoms with Gasteiger partial charge in [-0.1, -0.05) is 64.7 Å². The summed E-state index contributed by atoms with van der Waals surface area (Å²) in [6, 6.07) is 1.99. The molecule has 1 saturated carbocycles. The summed E-state index contributed by atoms with van der Waals surface area (Å²) in [7, 11) is 0. The lowest BCUT2D eigenvalue weighted by Gasteiger charge is -2.29. The van der Waals surface area contributed by atoms with Gasteiger partial charge >= 0.3 is 5.97 Å². The van der Waals surface area contributed by atoms with Gasteiger partial charge in [0.25, 0.3) is 0 Å². The van der Waals surface area contributed by atoms with E-state index in [1.54, 1.807) is 0 Å². The van der Waals surface area contributed by atoms with E-state index in [9.17, 15) is 30.3 Å². The van der Waals surface area contributed by atoms with Gasteiger partial charge in [0.05, 0.1) is 29.8 Å². The standard InChI is InChI=1S/C29H51NO6/c1-2-3-4-5-8-11-24(31)12-9-6-7-10-13-25(28(34)35)26(32)14-16-29(36)20-23(19-27(29)33)18-22-15-17-30-21-22/h15,17,21,23-27,30-33,36H,2-14,16,18-20H2,1H3,(H,34,35). The van der Waals surface area contributed by atoms with E-state index < -0.39 is 29.7 Å². The predicted molar refractivity (Wildman–Crippen MR) is 142 cm³/mol. The summed E-state index contributed by atoms with van der Waals surface area (Å²) in [6.07, 6.45) is 15.3. The molecule has 1 aromatic heterocycles. The zero-order chi connectivity index (χ0) is 26.4. The Hall–Kier alpha value is -1.41. The van der Waals surface area contributed by atoms with Crippen molar-refractivity contribution in [2.24, 2.45) is 11.8 Å². The number of H-pyrrole nitrogens is 1. The van der Waals surface area contributed by atoms with Crippen LogP contribution in [-0.2, 0) is 11.2 Å². The number of carbonyl (C=O) groups is 1. The van der Waals surface area contributed by atoms with E-state index in [0.29, 0.717) is 25.7 Å². The monoisotopic (exact) mass is 509 g/mol. The molecule has 0 aliphatic heterocycles. The largest absolute Gasteiger partial charge is 0.481 e. The van der Waals surface area contributed by atoms with Crippen molar-refractivity contribution in [2.45, 2.75) is 140 Å². The highest BCUT2D eigenvalue weighted by molar-refractivity contribution is 5.70. The first kappa shape index (κ1) is 30.8. The molecule has 1 aromatic rings. The van der Waals surface area contributed by atoms with Gasteiger partial charge in [-0.05, 0) is 68.9 Å². The molecule has 7 heteroatoms. The number of hydrogen-bond donors (Lipinski definition) is 6. The Labute approximate surface area is 217 Å². The molecule has 7 nitrogen and oxygen atoms in total. The Kier molecular flexibility index (Phi) is 14.1. The zero-order valence-corrected chi connectivity index (χ0v) is 22.3. The number of aromatic amines is 1. The highest BCUT2D eigenvalue weighted by atomic mass is 16.4. The van der Waals surface area contributed by atoms with Crippen LogP contribution < -0.4 is 0 Å². The van der Waals surface area contributed by atoms with Crippen molar-refractivity contribution in [3.05, 3.63) is 24.0 Å². The molecule has 0 bridgehead atoms. The number of carboxylic acid groups (broad SMARTS) is 1. The minimum Gasteiger partial charge on any atom is -0.481 e. The van der Waals surface area contributed by atoms with Gasteiger partial charge in [0, 0.05) is 12.4 Å². The van der Waals surface area contributed by atoms with Crippen molar-refractivity contribution in [1.29, 1.82) is 0 Å². The van der Waals surface area contributed by atoms with E-state index in [0.717, 1.165) is 50.5 Å². The third-order valence-electron chi connectivity index (χ3n) is 8.10. The number of aliphatic hydroxyl groups is 4. The van der Waals surface area contributed by atoms with Crippen LogP contribution in [0.5, 0.6) is 0 Å². The Morgan fingerprint density at radius 1 is 1.03 bits per heavy atom. The van der Waals surface area contributed by atoms with Crippen LogP contribution in [-0.4, -0.2) is 60.4 Å². The fourth-order valence-electron chi connectivity index (χ4n) is 5.80. The topological polar surface area (TPSA) is 134 Å². The van der Waals surface area contributed by atoms with Crippen molar-refractivity contribution in [1.82, 2.24) is 4.98 Å². The van der Waals surface area contributed by atoms with Crippen molar-refractivity contribution in [3.63, 3.8) is 0 Å². The van der Waals surface area contributed by atoms with Crippen LogP contribution in [0.2, 0.25) is 0 Å². The summed E-state index contributed by atoms with van der Waals surface area (Å²) >= 11 is 0. The normalized spacial score (nSPS) is 24.6. The van der Waals surface area contributed by atoms with Gasteiger partial charge in [0.15, 0.2) is 0 Å². The Morgan fingerprint density at radius 3 is 2.25 bits per heavy atom. The maximum absolute atomic E-state index is 11.8. The molecule has 1 heterocycles. The van der Waals surface area contributed by atoms with Gasteiger partial charge < -0.3 is 30.5 Å². The van der Waals surface area contributed by atoms with E-state index >= 15 is 0 Å². The highest BCUT2D eigenvalue weighted by Gasteiger charge is 2.45. The average Bonchev–Trinajstić information content (AvgIpc) is 3.44. The summed E-state index contributed by atoms with van der Waals surface area (Å²) < 4.78 is 0. The van der Waals surface area contributed by atoms with E-state index in [2.05, 4.69) is 11.9 Å². The lowest BCUT2D eigenvalue weighted by molar-refractivity contribution is -0.147. The number of nitrogens with one attached hydrogen (secondary N) is 1. The highest BCUT2D eigenvalue weighted by Crippen LogP contribution is 2.40. The molecular weight excluding hydrogens is 458 g/mol. The Balaban J connectivity index is 1.63. The molecule has 0 saturated heterocycles. The second kappa shape index (κ2) is 16.4. The molecular formula is C29H51NO6. The Morgan fingerprint density at radius 2 is 1.67 bits per heavy atom. The van der Waals surface area contributed by atoms with Crippen LogP contribution in [0.25, 0.3) is 0 Å². The number of carboxylic acids is 1. The quantitative estimate of drug-likeness (QED) is 0.138. The number of unbranched alkanes of at least 4 members (excludes halogenated alkanes) is 7. The first-order valence-corrected chi connectivity index (χ1v) is 14.4. The van der Waals surface area contributed by atoms with Gasteiger partial charge in [-0.15, -0.1) is 0 Å². The van der Waals surface area contributed by atoms with E-state index in [1.165, 1.54) is 25.7 Å². The molecule has 2 rings (SSSR count). The first-order valence-electron chi connectivity index (χ1n) is 14.4. The van der Waals surface area contributed by atoms with E-state index in [1.807, 2.05) is 18.5 Å². The summed E-state index contributed by atoms with van der Waals surface area (Å²) in [6.45, 7) is 2.20. The summed E-state index contributed by atoms with van der Waals surface area (Å²) in [5.41, 5.74) is -0.138. The molecule has 0 aromatic carbocycles.